The number of hydrogen-bond donors (Lipinski definition) is 1. The molecule has 21 heavy (non-hydrogen) atoms. The van der Waals surface area contributed by atoms with E-state index in [4.69, 9.17) is 9.72 Å². The van der Waals surface area contributed by atoms with Crippen LogP contribution in [0.25, 0.3) is 10.9 Å². The smallest absolute Gasteiger partial charge is 0.129 e. The van der Waals surface area contributed by atoms with Crippen molar-refractivity contribution in [2.24, 2.45) is 0 Å². The molecular weight excluding hydrogens is 262 g/mol. The molecule has 2 heterocycles. The summed E-state index contributed by atoms with van der Waals surface area (Å²) >= 11 is 0. The van der Waals surface area contributed by atoms with Gasteiger partial charge in [-0.2, -0.15) is 0 Å². The first-order valence-electron chi connectivity index (χ1n) is 7.74. The minimum absolute atomic E-state index is 0.268. The molecule has 1 saturated heterocycles. The summed E-state index contributed by atoms with van der Waals surface area (Å²) in [6, 6.07) is 10.6. The zero-order valence-electron chi connectivity index (χ0n) is 12.8. The van der Waals surface area contributed by atoms with Crippen molar-refractivity contribution >= 4 is 16.7 Å². The molecule has 1 unspecified atom stereocenters. The van der Waals surface area contributed by atoms with Gasteiger partial charge in [-0.15, -0.1) is 0 Å². The van der Waals surface area contributed by atoms with Gasteiger partial charge in [0.05, 0.1) is 18.2 Å². The van der Waals surface area contributed by atoms with Gasteiger partial charge in [0.1, 0.15) is 5.82 Å². The van der Waals surface area contributed by atoms with Crippen LogP contribution in [0.5, 0.6) is 0 Å². The fourth-order valence-corrected chi connectivity index (χ4v) is 2.83. The number of aromatic nitrogens is 1. The van der Waals surface area contributed by atoms with E-state index in [2.05, 4.69) is 54.4 Å². The van der Waals surface area contributed by atoms with Crippen LogP contribution in [0, 0.1) is 0 Å². The highest BCUT2D eigenvalue weighted by Crippen LogP contribution is 2.24. The Morgan fingerprint density at radius 3 is 3.05 bits per heavy atom. The van der Waals surface area contributed by atoms with Crippen molar-refractivity contribution in [1.29, 1.82) is 0 Å². The third-order valence-electron chi connectivity index (χ3n) is 3.92. The predicted molar refractivity (Wildman–Crippen MR) is 86.8 cm³/mol. The molecule has 1 N–H and O–H groups in total. The number of rotatable bonds is 4. The molecule has 0 amide bonds. The lowest BCUT2D eigenvalue weighted by Gasteiger charge is -2.32. The molecule has 0 aliphatic carbocycles. The molecule has 112 valence electrons. The number of para-hydroxylation sites is 1. The maximum Gasteiger partial charge on any atom is 0.129 e. The van der Waals surface area contributed by atoms with Crippen LogP contribution < -0.4 is 10.2 Å². The van der Waals surface area contributed by atoms with Crippen LogP contribution in [0.2, 0.25) is 0 Å². The molecule has 1 aromatic carbocycles. The van der Waals surface area contributed by atoms with Crippen molar-refractivity contribution in [2.45, 2.75) is 26.5 Å². The van der Waals surface area contributed by atoms with Crippen molar-refractivity contribution in [1.82, 2.24) is 10.3 Å². The Labute approximate surface area is 126 Å². The summed E-state index contributed by atoms with van der Waals surface area (Å²) in [6.07, 6.45) is 0.268. The van der Waals surface area contributed by atoms with Crippen LogP contribution in [-0.4, -0.2) is 37.3 Å². The standard InChI is InChI=1S/C17H23N3O/c1-3-18-11-14-10-17(20-8-9-21-13(2)12-20)19-16-7-5-4-6-15(14)16/h4-7,10,13,18H,3,8-9,11-12H2,1-2H3. The van der Waals surface area contributed by atoms with Crippen LogP contribution in [0.1, 0.15) is 19.4 Å². The molecule has 0 saturated carbocycles. The second-order valence-corrected chi connectivity index (χ2v) is 5.56. The Kier molecular flexibility index (Phi) is 4.36. The summed E-state index contributed by atoms with van der Waals surface area (Å²) in [7, 11) is 0. The number of anilines is 1. The zero-order chi connectivity index (χ0) is 14.7. The summed E-state index contributed by atoms with van der Waals surface area (Å²) in [6.45, 7) is 8.70. The van der Waals surface area contributed by atoms with E-state index in [1.165, 1.54) is 10.9 Å². The number of morpholine rings is 1. The monoisotopic (exact) mass is 285 g/mol. The lowest BCUT2D eigenvalue weighted by Crippen LogP contribution is -2.41. The van der Waals surface area contributed by atoms with E-state index in [0.29, 0.717) is 0 Å². The SMILES string of the molecule is CCNCc1cc(N2CCOC(C)C2)nc2ccccc12. The van der Waals surface area contributed by atoms with Gasteiger partial charge in [0, 0.05) is 25.0 Å². The average molecular weight is 285 g/mol. The maximum absolute atomic E-state index is 5.63. The second kappa shape index (κ2) is 6.41. The third kappa shape index (κ3) is 3.17. The molecule has 2 aromatic rings. The Bertz CT molecular complexity index is 614. The van der Waals surface area contributed by atoms with E-state index in [1.807, 2.05) is 0 Å². The number of hydrogen-bond acceptors (Lipinski definition) is 4. The van der Waals surface area contributed by atoms with E-state index >= 15 is 0 Å². The predicted octanol–water partition coefficient (Wildman–Crippen LogP) is 2.57. The van der Waals surface area contributed by atoms with E-state index < -0.39 is 0 Å². The van der Waals surface area contributed by atoms with E-state index in [-0.39, 0.29) is 6.10 Å². The Hall–Kier alpha value is -1.65. The Morgan fingerprint density at radius 2 is 2.24 bits per heavy atom. The number of nitrogens with one attached hydrogen (secondary N) is 1. The normalized spacial score (nSPS) is 19.1. The van der Waals surface area contributed by atoms with Crippen molar-refractivity contribution < 1.29 is 4.74 Å². The summed E-state index contributed by atoms with van der Waals surface area (Å²) in [5, 5.41) is 4.66. The lowest BCUT2D eigenvalue weighted by atomic mass is 10.1. The summed E-state index contributed by atoms with van der Waals surface area (Å²) in [5.74, 6) is 1.07. The molecule has 1 aromatic heterocycles. The van der Waals surface area contributed by atoms with Gasteiger partial charge in [0.2, 0.25) is 0 Å². The molecule has 1 fully saturated rings. The minimum Gasteiger partial charge on any atom is -0.375 e. The van der Waals surface area contributed by atoms with Gasteiger partial charge in [-0.05, 0) is 31.2 Å². The van der Waals surface area contributed by atoms with Gasteiger partial charge >= 0.3 is 0 Å². The number of nitrogens with zero attached hydrogens (tertiary/aromatic N) is 2. The number of ether oxygens (including phenoxy) is 1. The van der Waals surface area contributed by atoms with Crippen LogP contribution >= 0.6 is 0 Å². The van der Waals surface area contributed by atoms with Crippen LogP contribution in [-0.2, 0) is 11.3 Å². The Morgan fingerprint density at radius 1 is 1.38 bits per heavy atom. The van der Waals surface area contributed by atoms with Crippen molar-refractivity contribution in [3.05, 3.63) is 35.9 Å². The summed E-state index contributed by atoms with van der Waals surface area (Å²) in [4.78, 5) is 7.17. The van der Waals surface area contributed by atoms with Crippen LogP contribution in [0.4, 0.5) is 5.82 Å². The van der Waals surface area contributed by atoms with Gasteiger partial charge in [0.25, 0.3) is 0 Å². The second-order valence-electron chi connectivity index (χ2n) is 5.56. The van der Waals surface area contributed by atoms with Crippen molar-refractivity contribution in [2.75, 3.05) is 31.1 Å². The molecule has 1 aliphatic heterocycles. The molecule has 4 nitrogen and oxygen atoms in total. The Balaban J connectivity index is 1.98. The topological polar surface area (TPSA) is 37.4 Å². The molecule has 1 atom stereocenters. The van der Waals surface area contributed by atoms with Gasteiger partial charge < -0.3 is 15.0 Å². The fourth-order valence-electron chi connectivity index (χ4n) is 2.83. The molecular formula is C17H23N3O. The van der Waals surface area contributed by atoms with E-state index in [0.717, 1.165) is 44.1 Å². The fraction of sp³-hybridized carbons (Fsp3) is 0.471. The number of benzene rings is 1. The van der Waals surface area contributed by atoms with Gasteiger partial charge in [-0.3, -0.25) is 0 Å². The first-order chi connectivity index (χ1) is 10.3. The summed E-state index contributed by atoms with van der Waals surface area (Å²) < 4.78 is 5.63. The first kappa shape index (κ1) is 14.3. The zero-order valence-corrected chi connectivity index (χ0v) is 12.8. The molecule has 0 spiro atoms. The summed E-state index contributed by atoms with van der Waals surface area (Å²) in [5.41, 5.74) is 2.39. The van der Waals surface area contributed by atoms with Crippen LogP contribution in [0.15, 0.2) is 30.3 Å². The van der Waals surface area contributed by atoms with E-state index in [9.17, 15) is 0 Å². The van der Waals surface area contributed by atoms with Gasteiger partial charge in [0.15, 0.2) is 0 Å². The maximum atomic E-state index is 5.63. The van der Waals surface area contributed by atoms with Crippen molar-refractivity contribution in [3.63, 3.8) is 0 Å². The molecule has 3 rings (SSSR count). The first-order valence-corrected chi connectivity index (χ1v) is 7.74. The highest BCUT2D eigenvalue weighted by molar-refractivity contribution is 5.84. The minimum atomic E-state index is 0.268. The van der Waals surface area contributed by atoms with Gasteiger partial charge in [-0.1, -0.05) is 25.1 Å². The number of fused-ring (bicyclic) bond motifs is 1. The average Bonchev–Trinajstić information content (AvgIpc) is 2.52. The number of pyridine rings is 1. The lowest BCUT2D eigenvalue weighted by molar-refractivity contribution is 0.0529. The van der Waals surface area contributed by atoms with Crippen molar-refractivity contribution in [3.8, 4) is 0 Å². The molecule has 4 heteroatoms. The highest BCUT2D eigenvalue weighted by atomic mass is 16.5. The quantitative estimate of drug-likeness (QED) is 0.937. The molecule has 0 bridgehead atoms. The third-order valence-corrected chi connectivity index (χ3v) is 3.92. The van der Waals surface area contributed by atoms with E-state index in [1.54, 1.807) is 0 Å². The van der Waals surface area contributed by atoms with Crippen LogP contribution in [0.3, 0.4) is 0 Å². The molecule has 0 radical (unpaired) electrons. The highest BCUT2D eigenvalue weighted by Gasteiger charge is 2.19. The van der Waals surface area contributed by atoms with Gasteiger partial charge in [-0.25, -0.2) is 4.98 Å². The molecule has 1 aliphatic rings. The largest absolute Gasteiger partial charge is 0.375 e.